The lowest BCUT2D eigenvalue weighted by molar-refractivity contribution is -0.138. The van der Waals surface area contributed by atoms with Crippen molar-refractivity contribution in [2.75, 3.05) is 13.7 Å². The normalized spacial score (nSPS) is 16.4. The van der Waals surface area contributed by atoms with E-state index >= 15 is 0 Å². The Hall–Kier alpha value is -3.22. The van der Waals surface area contributed by atoms with Gasteiger partial charge < -0.3 is 14.2 Å². The Morgan fingerprint density at radius 1 is 1.03 bits per heavy atom. The molecule has 0 spiro atoms. The van der Waals surface area contributed by atoms with Crippen LogP contribution in [0, 0.1) is 0 Å². The summed E-state index contributed by atoms with van der Waals surface area (Å²) in [5.41, 5.74) is 0.868. The molecule has 1 atom stereocenters. The molecule has 150 valence electrons. The Balaban J connectivity index is 1.76. The molecule has 29 heavy (non-hydrogen) atoms. The number of fused-ring (bicyclic) bond motifs is 1. The molecular weight excluding hydrogens is 381 g/mol. The van der Waals surface area contributed by atoms with E-state index in [1.165, 1.54) is 19.2 Å². The number of aromatic nitrogens is 1. The predicted octanol–water partition coefficient (Wildman–Crippen LogP) is 4.76. The van der Waals surface area contributed by atoms with E-state index in [1.807, 2.05) is 48.7 Å². The van der Waals surface area contributed by atoms with Crippen molar-refractivity contribution in [2.45, 2.75) is 18.8 Å². The number of halogens is 3. The van der Waals surface area contributed by atoms with Gasteiger partial charge in [0.2, 0.25) is 0 Å². The molecule has 0 fully saturated rings. The number of hydrogen-bond acceptors (Lipinski definition) is 2. The zero-order chi connectivity index (χ0) is 20.6. The first-order chi connectivity index (χ1) is 13.9. The van der Waals surface area contributed by atoms with Gasteiger partial charge in [0.05, 0.1) is 18.7 Å². The van der Waals surface area contributed by atoms with E-state index in [0.717, 1.165) is 17.3 Å². The molecular formula is C22H19F3N2O2. The van der Waals surface area contributed by atoms with Gasteiger partial charge in [0.25, 0.3) is 5.91 Å². The van der Waals surface area contributed by atoms with Gasteiger partial charge in [-0.15, -0.1) is 0 Å². The van der Waals surface area contributed by atoms with Crippen molar-refractivity contribution in [1.29, 1.82) is 0 Å². The van der Waals surface area contributed by atoms with Crippen LogP contribution < -0.4 is 4.74 Å². The summed E-state index contributed by atoms with van der Waals surface area (Å²) in [5.74, 6) is -0.749. The molecule has 0 saturated carbocycles. The fourth-order valence-electron chi connectivity index (χ4n) is 3.82. The molecule has 1 amide bonds. The van der Waals surface area contributed by atoms with E-state index < -0.39 is 17.6 Å². The maximum atomic E-state index is 13.4. The van der Waals surface area contributed by atoms with E-state index in [9.17, 15) is 18.0 Å². The minimum atomic E-state index is -4.61. The van der Waals surface area contributed by atoms with E-state index in [0.29, 0.717) is 13.1 Å². The Bertz CT molecular complexity index is 1030. The van der Waals surface area contributed by atoms with Crippen molar-refractivity contribution < 1.29 is 22.7 Å². The van der Waals surface area contributed by atoms with Crippen LogP contribution in [0.2, 0.25) is 0 Å². The average molecular weight is 400 g/mol. The van der Waals surface area contributed by atoms with E-state index in [2.05, 4.69) is 4.57 Å². The lowest BCUT2D eigenvalue weighted by Crippen LogP contribution is -2.42. The van der Waals surface area contributed by atoms with Crippen molar-refractivity contribution in [3.63, 3.8) is 0 Å². The molecule has 4 nitrogen and oxygen atoms in total. The molecule has 3 aromatic rings. The monoisotopic (exact) mass is 400 g/mol. The van der Waals surface area contributed by atoms with Crippen LogP contribution in [0.3, 0.4) is 0 Å². The van der Waals surface area contributed by atoms with Gasteiger partial charge in [0.15, 0.2) is 0 Å². The van der Waals surface area contributed by atoms with Gasteiger partial charge in [-0.2, -0.15) is 13.2 Å². The first-order valence-electron chi connectivity index (χ1n) is 9.16. The van der Waals surface area contributed by atoms with Crippen LogP contribution in [-0.2, 0) is 12.7 Å². The SMILES string of the molecule is COc1ccc(C(=O)N2CCn3cccc3C2c2ccccc2)cc1C(F)(F)F. The van der Waals surface area contributed by atoms with Crippen molar-refractivity contribution in [2.24, 2.45) is 0 Å². The summed E-state index contributed by atoms with van der Waals surface area (Å²) < 4.78 is 47.1. The van der Waals surface area contributed by atoms with Gasteiger partial charge in [0, 0.05) is 30.5 Å². The molecule has 2 aromatic carbocycles. The quantitative estimate of drug-likeness (QED) is 0.635. The predicted molar refractivity (Wildman–Crippen MR) is 102 cm³/mol. The number of methoxy groups -OCH3 is 1. The molecule has 1 aromatic heterocycles. The maximum absolute atomic E-state index is 13.4. The Kier molecular flexibility index (Phi) is 4.82. The van der Waals surface area contributed by atoms with Crippen molar-refractivity contribution in [3.8, 4) is 5.75 Å². The number of rotatable bonds is 3. The summed E-state index contributed by atoms with van der Waals surface area (Å²) >= 11 is 0. The second-order valence-electron chi connectivity index (χ2n) is 6.85. The van der Waals surface area contributed by atoms with Gasteiger partial charge in [-0.1, -0.05) is 30.3 Å². The lowest BCUT2D eigenvalue weighted by atomic mass is 9.98. The number of nitrogens with zero attached hydrogens (tertiary/aromatic N) is 2. The van der Waals surface area contributed by atoms with Gasteiger partial charge in [-0.25, -0.2) is 0 Å². The summed E-state index contributed by atoms with van der Waals surface area (Å²) in [4.78, 5) is 14.9. The van der Waals surface area contributed by atoms with Crippen LogP contribution in [0.1, 0.15) is 33.2 Å². The first-order valence-corrected chi connectivity index (χ1v) is 9.16. The third kappa shape index (κ3) is 3.48. The largest absolute Gasteiger partial charge is 0.496 e. The second kappa shape index (κ2) is 7.31. The summed E-state index contributed by atoms with van der Waals surface area (Å²) in [6.45, 7) is 0.979. The van der Waals surface area contributed by atoms with Crippen molar-refractivity contribution in [3.05, 3.63) is 89.2 Å². The van der Waals surface area contributed by atoms with Gasteiger partial charge in [-0.3, -0.25) is 4.79 Å². The molecule has 1 aliphatic rings. The molecule has 0 aliphatic carbocycles. The molecule has 4 rings (SSSR count). The standard InChI is InChI=1S/C22H19F3N2O2/c1-29-19-10-9-16(14-17(19)22(23,24)25)21(28)27-13-12-26-11-5-8-18(26)20(27)15-6-3-2-4-7-15/h2-11,14,20H,12-13H2,1H3. The van der Waals surface area contributed by atoms with Gasteiger partial charge in [0.1, 0.15) is 5.75 Å². The summed E-state index contributed by atoms with van der Waals surface area (Å²) in [7, 11) is 1.18. The van der Waals surface area contributed by atoms with Crippen LogP contribution in [0.15, 0.2) is 66.9 Å². The highest BCUT2D eigenvalue weighted by Crippen LogP contribution is 2.38. The number of alkyl halides is 3. The molecule has 0 bridgehead atoms. The third-order valence-corrected chi connectivity index (χ3v) is 5.17. The van der Waals surface area contributed by atoms with Crippen LogP contribution in [0.5, 0.6) is 5.75 Å². The van der Waals surface area contributed by atoms with Crippen LogP contribution >= 0.6 is 0 Å². The molecule has 0 saturated heterocycles. The van der Waals surface area contributed by atoms with E-state index in [1.54, 1.807) is 4.90 Å². The molecule has 2 heterocycles. The number of benzene rings is 2. The Labute approximate surface area is 166 Å². The minimum Gasteiger partial charge on any atom is -0.496 e. The van der Waals surface area contributed by atoms with Crippen molar-refractivity contribution in [1.82, 2.24) is 9.47 Å². The topological polar surface area (TPSA) is 34.5 Å². The highest BCUT2D eigenvalue weighted by Gasteiger charge is 2.37. The second-order valence-corrected chi connectivity index (χ2v) is 6.85. The maximum Gasteiger partial charge on any atom is 0.419 e. The highest BCUT2D eigenvalue weighted by atomic mass is 19.4. The zero-order valence-corrected chi connectivity index (χ0v) is 15.7. The number of amides is 1. The Morgan fingerprint density at radius 2 is 1.79 bits per heavy atom. The number of ether oxygens (including phenoxy) is 1. The average Bonchev–Trinajstić information content (AvgIpc) is 3.21. The van der Waals surface area contributed by atoms with Crippen LogP contribution in [0.25, 0.3) is 0 Å². The number of hydrogen-bond donors (Lipinski definition) is 0. The number of carbonyl (C=O) groups is 1. The molecule has 0 radical (unpaired) electrons. The van der Waals surface area contributed by atoms with Gasteiger partial charge >= 0.3 is 6.18 Å². The fraction of sp³-hybridized carbons (Fsp3) is 0.227. The first kappa shape index (κ1) is 19.1. The highest BCUT2D eigenvalue weighted by molar-refractivity contribution is 5.95. The summed E-state index contributed by atoms with van der Waals surface area (Å²) in [6.07, 6.45) is -2.67. The molecule has 1 aliphatic heterocycles. The van der Waals surface area contributed by atoms with E-state index in [4.69, 9.17) is 4.74 Å². The fourth-order valence-corrected chi connectivity index (χ4v) is 3.82. The summed E-state index contributed by atoms with van der Waals surface area (Å²) in [5, 5.41) is 0. The smallest absolute Gasteiger partial charge is 0.419 e. The zero-order valence-electron chi connectivity index (χ0n) is 15.7. The lowest BCUT2D eigenvalue weighted by Gasteiger charge is -2.37. The Morgan fingerprint density at radius 3 is 2.48 bits per heavy atom. The van der Waals surface area contributed by atoms with Crippen LogP contribution in [-0.4, -0.2) is 29.0 Å². The van der Waals surface area contributed by atoms with E-state index in [-0.39, 0.29) is 17.4 Å². The molecule has 0 N–H and O–H groups in total. The number of carbonyl (C=O) groups excluding carboxylic acids is 1. The minimum absolute atomic E-state index is 0.0148. The molecule has 1 unspecified atom stereocenters. The van der Waals surface area contributed by atoms with Gasteiger partial charge in [-0.05, 0) is 35.9 Å². The third-order valence-electron chi connectivity index (χ3n) is 5.17. The van der Waals surface area contributed by atoms with Crippen LogP contribution in [0.4, 0.5) is 13.2 Å². The van der Waals surface area contributed by atoms with Crippen molar-refractivity contribution >= 4 is 5.91 Å². The summed E-state index contributed by atoms with van der Waals surface area (Å²) in [6, 6.07) is 16.4. The molecule has 7 heteroatoms.